The fourth-order valence-electron chi connectivity index (χ4n) is 2.61. The number of aliphatic hydroxyl groups is 2. The minimum Gasteiger partial charge on any atom is -0.756 e. The molecule has 21 heteroatoms. The molecule has 31 heavy (non-hydrogen) atoms. The second-order valence-corrected chi connectivity index (χ2v) is 10.3. The Morgan fingerprint density at radius 3 is 2.45 bits per heavy atom. The van der Waals surface area contributed by atoms with E-state index in [2.05, 4.69) is 28.1 Å². The maximum Gasteiger partial charge on any atom is 0.478 e. The van der Waals surface area contributed by atoms with E-state index in [1.807, 2.05) is 0 Å². The van der Waals surface area contributed by atoms with Crippen LogP contribution < -0.4 is 15.5 Å². The Hall–Kier alpha value is -1.36. The molecule has 3 rings (SSSR count). The van der Waals surface area contributed by atoms with Gasteiger partial charge in [-0.3, -0.25) is 18.2 Å². The quantitative estimate of drug-likeness (QED) is 0.225. The molecule has 1 aliphatic heterocycles. The van der Waals surface area contributed by atoms with Gasteiger partial charge in [0, 0.05) is 0 Å². The van der Waals surface area contributed by atoms with Crippen LogP contribution in [0, 0.1) is 0 Å². The van der Waals surface area contributed by atoms with Crippen molar-refractivity contribution in [2.24, 2.45) is 0 Å². The number of anilines is 1. The number of hydrogen-bond acceptors (Lipinski definition) is 15. The Bertz CT molecular complexity index is 1100. The van der Waals surface area contributed by atoms with Crippen LogP contribution in [-0.2, 0) is 31.6 Å². The monoisotopic (exact) mass is 505 g/mol. The van der Waals surface area contributed by atoms with Crippen LogP contribution in [0.2, 0.25) is 0 Å². The Labute approximate surface area is 171 Å². The normalized spacial score (nSPS) is 30.0. The van der Waals surface area contributed by atoms with Gasteiger partial charge in [0.25, 0.3) is 15.6 Å². The van der Waals surface area contributed by atoms with Gasteiger partial charge in [0.15, 0.2) is 17.7 Å². The van der Waals surface area contributed by atoms with Crippen molar-refractivity contribution in [3.05, 3.63) is 12.7 Å². The molecule has 2 aromatic heterocycles. The predicted molar refractivity (Wildman–Crippen MR) is 91.0 cm³/mol. The molecule has 1 aliphatic rings. The Morgan fingerprint density at radius 1 is 1.13 bits per heavy atom. The van der Waals surface area contributed by atoms with Crippen molar-refractivity contribution in [1.29, 1.82) is 0 Å². The van der Waals surface area contributed by atoms with E-state index in [1.54, 1.807) is 0 Å². The molecule has 18 nitrogen and oxygen atoms in total. The molecule has 3 heterocycles. The highest BCUT2D eigenvalue weighted by atomic mass is 31.3. The van der Waals surface area contributed by atoms with Gasteiger partial charge in [0.05, 0.1) is 12.9 Å². The van der Waals surface area contributed by atoms with Crippen LogP contribution in [0.4, 0.5) is 5.82 Å². The Morgan fingerprint density at radius 2 is 1.81 bits per heavy atom. The van der Waals surface area contributed by atoms with E-state index in [9.17, 15) is 38.6 Å². The fourth-order valence-corrected chi connectivity index (χ4v) is 5.55. The highest BCUT2D eigenvalue weighted by molar-refractivity contribution is 7.65. The SMILES string of the molecule is Nc1ncnc2c1ncn2C1O[C@H](COP(=O)(O)OP(=O)([O-])OP(=O)([O-])O)[C@@H](O)[C@H]1O. The molecule has 6 N–H and O–H groups in total. The average Bonchev–Trinajstić information content (AvgIpc) is 3.13. The van der Waals surface area contributed by atoms with Crippen LogP contribution in [0.15, 0.2) is 12.7 Å². The lowest BCUT2D eigenvalue weighted by molar-refractivity contribution is -0.236. The van der Waals surface area contributed by atoms with Crippen LogP contribution in [-0.4, -0.2) is 64.4 Å². The van der Waals surface area contributed by atoms with Gasteiger partial charge in [0.2, 0.25) is 0 Å². The molecule has 0 aliphatic carbocycles. The first-order chi connectivity index (χ1) is 14.2. The van der Waals surface area contributed by atoms with Crippen molar-refractivity contribution in [3.8, 4) is 0 Å². The van der Waals surface area contributed by atoms with E-state index < -0.39 is 54.6 Å². The molecule has 0 radical (unpaired) electrons. The van der Waals surface area contributed by atoms with Gasteiger partial charge < -0.3 is 40.3 Å². The zero-order chi connectivity index (χ0) is 23.2. The van der Waals surface area contributed by atoms with Gasteiger partial charge >= 0.3 is 7.82 Å². The predicted octanol–water partition coefficient (Wildman–Crippen LogP) is -2.89. The zero-order valence-electron chi connectivity index (χ0n) is 14.8. The number of nitrogens with zero attached hydrogens (tertiary/aromatic N) is 4. The molecular weight excluding hydrogens is 491 g/mol. The number of phosphoric acid groups is 3. The van der Waals surface area contributed by atoms with E-state index in [4.69, 9.17) is 15.4 Å². The third-order valence-corrected chi connectivity index (χ3v) is 7.53. The van der Waals surface area contributed by atoms with Gasteiger partial charge in [-0.15, -0.1) is 0 Å². The highest BCUT2D eigenvalue weighted by Gasteiger charge is 2.45. The number of fused-ring (bicyclic) bond motifs is 1. The molecule has 2 aromatic rings. The molecule has 0 bridgehead atoms. The number of phosphoric ester groups is 1. The summed E-state index contributed by atoms with van der Waals surface area (Å²) in [5, 5.41) is 20.4. The van der Waals surface area contributed by atoms with Gasteiger partial charge in [0.1, 0.15) is 30.2 Å². The molecule has 0 aromatic carbocycles. The number of imidazole rings is 1. The maximum atomic E-state index is 11.7. The number of ether oxygens (including phenoxy) is 1. The largest absolute Gasteiger partial charge is 0.756 e. The third-order valence-electron chi connectivity index (χ3n) is 3.81. The summed E-state index contributed by atoms with van der Waals surface area (Å²) in [6, 6.07) is 0. The summed E-state index contributed by atoms with van der Waals surface area (Å²) in [7, 11) is -17.4. The zero-order valence-corrected chi connectivity index (χ0v) is 17.5. The fraction of sp³-hybridized carbons (Fsp3) is 0.500. The molecule has 4 unspecified atom stereocenters. The van der Waals surface area contributed by atoms with E-state index in [0.717, 1.165) is 6.33 Å². The van der Waals surface area contributed by atoms with Crippen molar-refractivity contribution in [1.82, 2.24) is 19.5 Å². The number of nitrogen functional groups attached to an aromatic ring is 1. The second-order valence-electron chi connectivity index (χ2n) is 5.97. The second kappa shape index (κ2) is 8.53. The highest BCUT2D eigenvalue weighted by Crippen LogP contribution is 2.63. The number of nitrogens with two attached hydrogens (primary N) is 1. The molecule has 0 saturated carbocycles. The summed E-state index contributed by atoms with van der Waals surface area (Å²) in [5.74, 6) is 0.0322. The van der Waals surface area contributed by atoms with Gasteiger partial charge in [-0.05, 0) is 0 Å². The lowest BCUT2D eigenvalue weighted by Gasteiger charge is -2.28. The smallest absolute Gasteiger partial charge is 0.478 e. The van der Waals surface area contributed by atoms with Gasteiger partial charge in [-0.1, -0.05) is 0 Å². The van der Waals surface area contributed by atoms with Gasteiger partial charge in [-0.2, -0.15) is 0 Å². The molecule has 1 fully saturated rings. The molecule has 0 amide bonds. The number of hydrogen-bond donors (Lipinski definition) is 5. The number of rotatable bonds is 8. The standard InChI is InChI=1S/C10H16N5O13P3/c11-8-5-9(13-2-12-8)15(3-14-5)10-7(17)6(16)4(26-10)1-25-30(21,22)28-31(23,24)27-29(18,19)20/h2-4,6-7,10,16-17H,1H2,(H,21,22)(H,23,24)(H2,11,12,13)(H2,18,19,20)/p-2/t4-,6-,7-,10?/m1/s1. The summed E-state index contributed by atoms with van der Waals surface area (Å²) < 4.78 is 51.0. The van der Waals surface area contributed by atoms with E-state index >= 15 is 0 Å². The van der Waals surface area contributed by atoms with Crippen molar-refractivity contribution < 1.29 is 61.4 Å². The van der Waals surface area contributed by atoms with Crippen molar-refractivity contribution in [3.63, 3.8) is 0 Å². The van der Waals surface area contributed by atoms with Gasteiger partial charge in [-0.25, -0.2) is 28.1 Å². The Balaban J connectivity index is 1.69. The molecular formula is C10H14N5O13P3-2. The first-order valence-corrected chi connectivity index (χ1v) is 12.3. The van der Waals surface area contributed by atoms with Crippen LogP contribution >= 0.6 is 23.5 Å². The van der Waals surface area contributed by atoms with Crippen LogP contribution in [0.25, 0.3) is 11.2 Å². The number of aromatic nitrogens is 4. The molecule has 7 atom stereocenters. The van der Waals surface area contributed by atoms with Crippen molar-refractivity contribution >= 4 is 40.4 Å². The topological polar surface area (TPSA) is 285 Å². The third kappa shape index (κ3) is 5.71. The van der Waals surface area contributed by atoms with E-state index in [0.29, 0.717) is 0 Å². The van der Waals surface area contributed by atoms with Crippen molar-refractivity contribution in [2.45, 2.75) is 24.5 Å². The molecule has 0 spiro atoms. The Kier molecular flexibility index (Phi) is 6.68. The lowest BCUT2D eigenvalue weighted by atomic mass is 10.1. The average molecular weight is 505 g/mol. The summed E-state index contributed by atoms with van der Waals surface area (Å²) in [6.07, 6.45) is -3.81. The first-order valence-electron chi connectivity index (χ1n) is 7.88. The summed E-state index contributed by atoms with van der Waals surface area (Å²) in [4.78, 5) is 51.0. The van der Waals surface area contributed by atoms with Crippen LogP contribution in [0.1, 0.15) is 6.23 Å². The first kappa shape index (κ1) is 24.3. The van der Waals surface area contributed by atoms with Crippen molar-refractivity contribution in [2.75, 3.05) is 12.3 Å². The lowest BCUT2D eigenvalue weighted by Crippen LogP contribution is -2.33. The molecule has 174 valence electrons. The van der Waals surface area contributed by atoms with E-state index in [1.165, 1.54) is 10.9 Å². The summed E-state index contributed by atoms with van der Waals surface area (Å²) in [6.45, 7) is -1.000. The maximum absolute atomic E-state index is 11.7. The van der Waals surface area contributed by atoms with E-state index in [-0.39, 0.29) is 17.0 Å². The summed E-state index contributed by atoms with van der Waals surface area (Å²) in [5.41, 5.74) is 5.97. The van der Waals surface area contributed by atoms with Crippen LogP contribution in [0.3, 0.4) is 0 Å². The molecule has 1 saturated heterocycles. The van der Waals surface area contributed by atoms with Crippen LogP contribution in [0.5, 0.6) is 0 Å². The minimum absolute atomic E-state index is 0.0322. The minimum atomic E-state index is -6.01. The summed E-state index contributed by atoms with van der Waals surface area (Å²) >= 11 is 0. The number of aliphatic hydroxyl groups excluding tert-OH is 2.